The summed E-state index contributed by atoms with van der Waals surface area (Å²) in [7, 11) is 0. The van der Waals surface area contributed by atoms with Gasteiger partial charge in [0.05, 0.1) is 23.2 Å². The normalized spacial score (nSPS) is 39.4. The lowest BCUT2D eigenvalue weighted by Crippen LogP contribution is -2.32. The largest absolute Gasteiger partial charge is 0.372 e. The van der Waals surface area contributed by atoms with Gasteiger partial charge in [-0.25, -0.2) is 0 Å². The Morgan fingerprint density at radius 2 is 2.06 bits per heavy atom. The summed E-state index contributed by atoms with van der Waals surface area (Å²) in [6.45, 7) is 6.59. The van der Waals surface area contributed by atoms with Crippen LogP contribution in [0.25, 0.3) is 0 Å². The molecule has 102 valence electrons. The molecule has 0 aromatic carbocycles. The van der Waals surface area contributed by atoms with Crippen molar-refractivity contribution >= 4 is 0 Å². The zero-order valence-corrected chi connectivity index (χ0v) is 12.2. The predicted octanol–water partition coefficient (Wildman–Crippen LogP) is 4.44. The molecule has 1 aliphatic heterocycles. The fraction of sp³-hybridized carbons (Fsp3) is 0.938. The molecule has 2 fully saturated rings. The zero-order valence-electron chi connectivity index (χ0n) is 12.2. The lowest BCUT2D eigenvalue weighted by molar-refractivity contribution is -0.0356. The molecule has 2 aliphatic rings. The number of ether oxygens (including phenoxy) is 1. The van der Waals surface area contributed by atoms with E-state index in [9.17, 15) is 5.26 Å². The molecule has 0 aromatic rings. The first-order valence-electron chi connectivity index (χ1n) is 7.58. The molecule has 3 atom stereocenters. The SMILES string of the molecule is CCC1CCCC(C#N)(CC2CCC(C)(C)O2)C1. The van der Waals surface area contributed by atoms with Gasteiger partial charge in [-0.2, -0.15) is 5.26 Å². The third-order valence-corrected chi connectivity index (χ3v) is 4.93. The van der Waals surface area contributed by atoms with Crippen molar-refractivity contribution in [3.8, 4) is 6.07 Å². The van der Waals surface area contributed by atoms with Gasteiger partial charge in [-0.05, 0) is 51.9 Å². The standard InChI is InChI=1S/C16H27NO/c1-4-13-6-5-8-16(10-13,12-17)11-14-7-9-15(2,3)18-14/h13-14H,4-11H2,1-3H3. The third kappa shape index (κ3) is 3.06. The molecule has 0 spiro atoms. The Morgan fingerprint density at radius 3 is 2.61 bits per heavy atom. The van der Waals surface area contributed by atoms with Gasteiger partial charge in [0.2, 0.25) is 0 Å². The van der Waals surface area contributed by atoms with Crippen LogP contribution in [0.1, 0.15) is 72.1 Å². The van der Waals surface area contributed by atoms with Gasteiger partial charge in [-0.15, -0.1) is 0 Å². The van der Waals surface area contributed by atoms with Crippen molar-refractivity contribution < 1.29 is 4.74 Å². The fourth-order valence-corrected chi connectivity index (χ4v) is 3.82. The lowest BCUT2D eigenvalue weighted by atomic mass is 9.67. The van der Waals surface area contributed by atoms with Crippen LogP contribution in [0.2, 0.25) is 0 Å². The number of hydrogen-bond donors (Lipinski definition) is 0. The van der Waals surface area contributed by atoms with Crippen molar-refractivity contribution in [3.63, 3.8) is 0 Å². The van der Waals surface area contributed by atoms with Crippen LogP contribution in [0.15, 0.2) is 0 Å². The van der Waals surface area contributed by atoms with Crippen LogP contribution in [0.4, 0.5) is 0 Å². The highest BCUT2D eigenvalue weighted by molar-refractivity contribution is 5.04. The second kappa shape index (κ2) is 5.21. The minimum Gasteiger partial charge on any atom is -0.372 e. The second-order valence-corrected chi connectivity index (χ2v) is 7.01. The maximum atomic E-state index is 9.64. The van der Waals surface area contributed by atoms with E-state index in [0.29, 0.717) is 6.10 Å². The molecule has 0 radical (unpaired) electrons. The predicted molar refractivity (Wildman–Crippen MR) is 73.1 cm³/mol. The molecule has 2 nitrogen and oxygen atoms in total. The lowest BCUT2D eigenvalue weighted by Gasteiger charge is -2.37. The van der Waals surface area contributed by atoms with Crippen molar-refractivity contribution in [1.82, 2.24) is 0 Å². The Morgan fingerprint density at radius 1 is 1.28 bits per heavy atom. The molecule has 0 bridgehead atoms. The first kappa shape index (κ1) is 13.9. The molecule has 2 rings (SSSR count). The number of nitrogens with zero attached hydrogens (tertiary/aromatic N) is 1. The maximum Gasteiger partial charge on any atom is 0.0690 e. The highest BCUT2D eigenvalue weighted by atomic mass is 16.5. The number of rotatable bonds is 3. The average Bonchev–Trinajstić information content (AvgIpc) is 2.68. The Bertz CT molecular complexity index is 330. The van der Waals surface area contributed by atoms with Crippen LogP contribution in [-0.2, 0) is 4.74 Å². The molecule has 0 N–H and O–H groups in total. The van der Waals surface area contributed by atoms with Gasteiger partial charge in [0, 0.05) is 0 Å². The summed E-state index contributed by atoms with van der Waals surface area (Å²) >= 11 is 0. The highest BCUT2D eigenvalue weighted by Gasteiger charge is 2.41. The average molecular weight is 249 g/mol. The van der Waals surface area contributed by atoms with Gasteiger partial charge >= 0.3 is 0 Å². The minimum absolute atomic E-state index is 0.0279. The quantitative estimate of drug-likeness (QED) is 0.740. The Balaban J connectivity index is 1.99. The first-order valence-corrected chi connectivity index (χ1v) is 7.58. The second-order valence-electron chi connectivity index (χ2n) is 7.01. The van der Waals surface area contributed by atoms with Crippen LogP contribution in [0.3, 0.4) is 0 Å². The van der Waals surface area contributed by atoms with E-state index in [4.69, 9.17) is 4.74 Å². The van der Waals surface area contributed by atoms with Crippen LogP contribution in [0.5, 0.6) is 0 Å². The van der Waals surface area contributed by atoms with Gasteiger partial charge in [-0.3, -0.25) is 0 Å². The topological polar surface area (TPSA) is 33.0 Å². The van der Waals surface area contributed by atoms with Gasteiger partial charge in [0.25, 0.3) is 0 Å². The molecular formula is C16H27NO. The van der Waals surface area contributed by atoms with Crippen molar-refractivity contribution in [1.29, 1.82) is 5.26 Å². The minimum atomic E-state index is -0.0932. The Kier molecular flexibility index (Phi) is 4.02. The summed E-state index contributed by atoms with van der Waals surface area (Å²) in [5.41, 5.74) is -0.0653. The van der Waals surface area contributed by atoms with Gasteiger partial charge in [-0.1, -0.05) is 26.2 Å². The van der Waals surface area contributed by atoms with Crippen LogP contribution < -0.4 is 0 Å². The summed E-state index contributed by atoms with van der Waals surface area (Å²) in [5.74, 6) is 0.757. The van der Waals surface area contributed by atoms with E-state index in [1.165, 1.54) is 19.3 Å². The van der Waals surface area contributed by atoms with Crippen LogP contribution in [-0.4, -0.2) is 11.7 Å². The smallest absolute Gasteiger partial charge is 0.0690 e. The summed E-state index contributed by atoms with van der Waals surface area (Å²) < 4.78 is 6.10. The summed E-state index contributed by atoms with van der Waals surface area (Å²) in [6, 6.07) is 2.66. The van der Waals surface area contributed by atoms with Crippen molar-refractivity contribution in [2.75, 3.05) is 0 Å². The van der Waals surface area contributed by atoms with E-state index in [2.05, 4.69) is 26.8 Å². The van der Waals surface area contributed by atoms with E-state index in [1.807, 2.05) is 0 Å². The van der Waals surface area contributed by atoms with E-state index >= 15 is 0 Å². The zero-order chi connectivity index (χ0) is 13.2. The molecule has 0 aromatic heterocycles. The Hall–Kier alpha value is -0.550. The van der Waals surface area contributed by atoms with Gasteiger partial charge in [0.1, 0.15) is 0 Å². The fourth-order valence-electron chi connectivity index (χ4n) is 3.82. The van der Waals surface area contributed by atoms with Crippen LogP contribution in [0, 0.1) is 22.7 Å². The third-order valence-electron chi connectivity index (χ3n) is 4.93. The maximum absolute atomic E-state index is 9.64. The molecule has 1 saturated carbocycles. The number of hydrogen-bond acceptors (Lipinski definition) is 2. The first-order chi connectivity index (χ1) is 8.49. The molecule has 0 amide bonds. The summed E-state index contributed by atoms with van der Waals surface area (Å²) in [6.07, 6.45) is 9.49. The molecule has 1 heterocycles. The molecule has 1 saturated heterocycles. The van der Waals surface area contributed by atoms with Gasteiger partial charge < -0.3 is 4.74 Å². The monoisotopic (exact) mass is 249 g/mol. The van der Waals surface area contributed by atoms with E-state index in [0.717, 1.165) is 38.0 Å². The number of nitriles is 1. The van der Waals surface area contributed by atoms with Gasteiger partial charge in [0.15, 0.2) is 0 Å². The molecular weight excluding hydrogens is 222 g/mol. The molecule has 2 heteroatoms. The van der Waals surface area contributed by atoms with Crippen molar-refractivity contribution in [2.24, 2.45) is 11.3 Å². The summed E-state index contributed by atoms with van der Waals surface area (Å²) in [5, 5.41) is 9.64. The van der Waals surface area contributed by atoms with E-state index in [-0.39, 0.29) is 11.0 Å². The van der Waals surface area contributed by atoms with E-state index in [1.54, 1.807) is 0 Å². The van der Waals surface area contributed by atoms with Crippen molar-refractivity contribution in [2.45, 2.75) is 83.8 Å². The summed E-state index contributed by atoms with van der Waals surface area (Å²) in [4.78, 5) is 0. The molecule has 3 unspecified atom stereocenters. The molecule has 1 aliphatic carbocycles. The highest BCUT2D eigenvalue weighted by Crippen LogP contribution is 2.46. The molecule has 18 heavy (non-hydrogen) atoms. The van der Waals surface area contributed by atoms with E-state index < -0.39 is 0 Å². The van der Waals surface area contributed by atoms with Crippen LogP contribution >= 0.6 is 0 Å². The Labute approximate surface area is 112 Å². The van der Waals surface area contributed by atoms with Crippen molar-refractivity contribution in [3.05, 3.63) is 0 Å².